The summed E-state index contributed by atoms with van der Waals surface area (Å²) in [5, 5.41) is 7.66. The van der Waals surface area contributed by atoms with E-state index in [1.54, 1.807) is 13.2 Å². The summed E-state index contributed by atoms with van der Waals surface area (Å²) in [7, 11) is 1.56. The van der Waals surface area contributed by atoms with Crippen molar-refractivity contribution in [2.45, 2.75) is 6.61 Å². The molecular weight excluding hydrogens is 342 g/mol. The predicted octanol–water partition coefficient (Wildman–Crippen LogP) is 2.61. The van der Waals surface area contributed by atoms with Gasteiger partial charge in [0.25, 0.3) is 0 Å². The first kappa shape index (κ1) is 16.7. The molecule has 0 spiro atoms. The minimum Gasteiger partial charge on any atom is -0.489 e. The lowest BCUT2D eigenvalue weighted by atomic mass is 10.1. The smallest absolute Gasteiger partial charge is 0.368 e. The molecule has 0 aliphatic carbocycles. The Balaban J connectivity index is 1.53. The van der Waals surface area contributed by atoms with Crippen molar-refractivity contribution < 1.29 is 4.74 Å². The lowest BCUT2D eigenvalue weighted by Crippen LogP contribution is -2.23. The molecule has 0 amide bonds. The monoisotopic (exact) mass is 359 g/mol. The highest BCUT2D eigenvalue weighted by molar-refractivity contribution is 5.59. The van der Waals surface area contributed by atoms with Gasteiger partial charge < -0.3 is 4.74 Å². The van der Waals surface area contributed by atoms with Crippen molar-refractivity contribution in [2.75, 3.05) is 0 Å². The molecule has 0 saturated heterocycles. The quantitative estimate of drug-likeness (QED) is 0.548. The number of ether oxygens (including phenoxy) is 1. The van der Waals surface area contributed by atoms with Crippen molar-refractivity contribution in [2.24, 2.45) is 7.05 Å². The third kappa shape index (κ3) is 3.48. The van der Waals surface area contributed by atoms with Gasteiger partial charge in [-0.25, -0.2) is 4.79 Å². The molecule has 0 aliphatic heterocycles. The molecule has 134 valence electrons. The van der Waals surface area contributed by atoms with Gasteiger partial charge >= 0.3 is 5.69 Å². The fraction of sp³-hybridized carbons (Fsp3) is 0.100. The van der Waals surface area contributed by atoms with Gasteiger partial charge in [0.2, 0.25) is 0 Å². The summed E-state index contributed by atoms with van der Waals surface area (Å²) in [5.41, 5.74) is 3.13. The van der Waals surface area contributed by atoms with Crippen LogP contribution in [0.1, 0.15) is 5.56 Å². The first-order chi connectivity index (χ1) is 13.2. The normalized spacial score (nSPS) is 10.7. The number of aryl methyl sites for hydroxylation is 1. The maximum atomic E-state index is 12.1. The average Bonchev–Trinajstić information content (AvgIpc) is 3.06. The van der Waals surface area contributed by atoms with Crippen LogP contribution in [0.2, 0.25) is 0 Å². The predicted molar refractivity (Wildman–Crippen MR) is 101 cm³/mol. The summed E-state index contributed by atoms with van der Waals surface area (Å²) in [5.74, 6) is 0.732. The minimum atomic E-state index is -0.304. The SMILES string of the molecule is Cn1nnn(-c2ccccc2COc2ccc(-c3ccccn3)cc2)c1=O. The maximum absolute atomic E-state index is 12.1. The number of para-hydroxylation sites is 1. The number of hydrogen-bond acceptors (Lipinski definition) is 5. The summed E-state index contributed by atoms with van der Waals surface area (Å²) < 4.78 is 8.36. The zero-order valence-electron chi connectivity index (χ0n) is 14.7. The average molecular weight is 359 g/mol. The van der Waals surface area contributed by atoms with Gasteiger partial charge in [-0.2, -0.15) is 9.36 Å². The highest BCUT2D eigenvalue weighted by Gasteiger charge is 2.11. The number of benzene rings is 2. The second-order valence-electron chi connectivity index (χ2n) is 5.95. The first-order valence-electron chi connectivity index (χ1n) is 8.44. The maximum Gasteiger partial charge on any atom is 0.368 e. The Labute approximate surface area is 155 Å². The van der Waals surface area contributed by atoms with E-state index in [9.17, 15) is 4.79 Å². The van der Waals surface area contributed by atoms with E-state index in [0.717, 1.165) is 22.6 Å². The van der Waals surface area contributed by atoms with Crippen LogP contribution in [0.15, 0.2) is 77.7 Å². The molecular formula is C20H17N5O2. The van der Waals surface area contributed by atoms with Crippen molar-refractivity contribution in [1.29, 1.82) is 0 Å². The molecule has 0 saturated carbocycles. The van der Waals surface area contributed by atoms with Crippen molar-refractivity contribution in [3.8, 4) is 22.7 Å². The number of nitrogens with zero attached hydrogens (tertiary/aromatic N) is 5. The van der Waals surface area contributed by atoms with Gasteiger partial charge in [0.15, 0.2) is 0 Å². The van der Waals surface area contributed by atoms with Crippen LogP contribution in [0.3, 0.4) is 0 Å². The zero-order valence-corrected chi connectivity index (χ0v) is 14.7. The molecule has 0 atom stereocenters. The molecule has 7 heteroatoms. The van der Waals surface area contributed by atoms with E-state index < -0.39 is 0 Å². The van der Waals surface area contributed by atoms with E-state index in [4.69, 9.17) is 4.74 Å². The van der Waals surface area contributed by atoms with Crippen molar-refractivity contribution in [3.63, 3.8) is 0 Å². The molecule has 0 radical (unpaired) electrons. The number of tetrazole rings is 1. The van der Waals surface area contributed by atoms with Crippen LogP contribution in [0.5, 0.6) is 5.75 Å². The summed E-state index contributed by atoms with van der Waals surface area (Å²) in [4.78, 5) is 16.5. The number of pyridine rings is 1. The number of aromatic nitrogens is 5. The van der Waals surface area contributed by atoms with Crippen LogP contribution in [-0.2, 0) is 13.7 Å². The highest BCUT2D eigenvalue weighted by Crippen LogP contribution is 2.22. The molecule has 0 N–H and O–H groups in total. The van der Waals surface area contributed by atoms with Gasteiger partial charge in [0, 0.05) is 24.4 Å². The van der Waals surface area contributed by atoms with Crippen LogP contribution < -0.4 is 10.4 Å². The Morgan fingerprint density at radius 3 is 2.41 bits per heavy atom. The molecule has 7 nitrogen and oxygen atoms in total. The summed E-state index contributed by atoms with van der Waals surface area (Å²) in [6.07, 6.45) is 1.77. The Kier molecular flexibility index (Phi) is 4.49. The molecule has 0 fully saturated rings. The summed E-state index contributed by atoms with van der Waals surface area (Å²) >= 11 is 0. The van der Waals surface area contributed by atoms with E-state index in [-0.39, 0.29) is 5.69 Å². The molecule has 2 aromatic heterocycles. The van der Waals surface area contributed by atoms with Crippen LogP contribution >= 0.6 is 0 Å². The molecule has 2 aromatic carbocycles. The van der Waals surface area contributed by atoms with Crippen molar-refractivity contribution in [3.05, 3.63) is 89.0 Å². The second kappa shape index (κ2) is 7.25. The molecule has 0 bridgehead atoms. The topological polar surface area (TPSA) is 74.8 Å². The van der Waals surface area contributed by atoms with E-state index in [0.29, 0.717) is 12.3 Å². The summed E-state index contributed by atoms with van der Waals surface area (Å²) in [6, 6.07) is 21.0. The highest BCUT2D eigenvalue weighted by atomic mass is 16.5. The van der Waals surface area contributed by atoms with Crippen LogP contribution in [0.25, 0.3) is 16.9 Å². The first-order valence-corrected chi connectivity index (χ1v) is 8.44. The lowest BCUT2D eigenvalue weighted by molar-refractivity contribution is 0.305. The van der Waals surface area contributed by atoms with Crippen LogP contribution in [0, 0.1) is 0 Å². The van der Waals surface area contributed by atoms with E-state index in [2.05, 4.69) is 15.4 Å². The Morgan fingerprint density at radius 1 is 0.926 bits per heavy atom. The molecule has 0 aliphatic rings. The molecule has 0 unspecified atom stereocenters. The van der Waals surface area contributed by atoms with Crippen LogP contribution in [0.4, 0.5) is 0 Å². The molecule has 27 heavy (non-hydrogen) atoms. The second-order valence-corrected chi connectivity index (χ2v) is 5.95. The fourth-order valence-corrected chi connectivity index (χ4v) is 2.72. The standard InChI is InChI=1S/C20H17N5O2/c1-24-20(26)25(23-22-24)19-8-3-2-6-16(19)14-27-17-11-9-15(10-12-17)18-7-4-5-13-21-18/h2-13H,14H2,1H3. The third-order valence-corrected chi connectivity index (χ3v) is 4.15. The van der Waals surface area contributed by atoms with Gasteiger partial charge in [-0.15, -0.1) is 0 Å². The zero-order chi connectivity index (χ0) is 18.6. The van der Waals surface area contributed by atoms with Gasteiger partial charge in [-0.3, -0.25) is 4.98 Å². The summed E-state index contributed by atoms with van der Waals surface area (Å²) in [6.45, 7) is 0.308. The van der Waals surface area contributed by atoms with E-state index >= 15 is 0 Å². The number of rotatable bonds is 5. The fourth-order valence-electron chi connectivity index (χ4n) is 2.72. The molecule has 2 heterocycles. The Bertz CT molecular complexity index is 1100. The Morgan fingerprint density at radius 2 is 1.70 bits per heavy atom. The van der Waals surface area contributed by atoms with E-state index in [1.165, 1.54) is 9.36 Å². The number of hydrogen-bond donors (Lipinski definition) is 0. The third-order valence-electron chi connectivity index (χ3n) is 4.15. The van der Waals surface area contributed by atoms with Crippen molar-refractivity contribution >= 4 is 0 Å². The largest absolute Gasteiger partial charge is 0.489 e. The van der Waals surface area contributed by atoms with Crippen LogP contribution in [-0.4, -0.2) is 24.8 Å². The minimum absolute atomic E-state index is 0.304. The lowest BCUT2D eigenvalue weighted by Gasteiger charge is -2.10. The van der Waals surface area contributed by atoms with Gasteiger partial charge in [-0.05, 0) is 52.9 Å². The Hall–Kier alpha value is -3.74. The van der Waals surface area contributed by atoms with Gasteiger partial charge in [-0.1, -0.05) is 24.3 Å². The molecule has 4 aromatic rings. The van der Waals surface area contributed by atoms with Gasteiger partial charge in [0.05, 0.1) is 11.4 Å². The van der Waals surface area contributed by atoms with Gasteiger partial charge in [0.1, 0.15) is 12.4 Å². The van der Waals surface area contributed by atoms with E-state index in [1.807, 2.05) is 66.7 Å². The molecule has 4 rings (SSSR count). The van der Waals surface area contributed by atoms with Crippen molar-refractivity contribution in [1.82, 2.24) is 24.8 Å².